The van der Waals surface area contributed by atoms with Crippen molar-refractivity contribution in [3.8, 4) is 0 Å². The Hall–Kier alpha value is -0.0700. The van der Waals surface area contributed by atoms with E-state index >= 15 is 0 Å². The molecule has 0 aromatic carbocycles. The van der Waals surface area contributed by atoms with Gasteiger partial charge in [-0.3, -0.25) is 0 Å². The molecule has 2 atom stereocenters. The van der Waals surface area contributed by atoms with E-state index in [1.165, 1.54) is 24.3 Å². The van der Waals surface area contributed by atoms with Gasteiger partial charge in [-0.15, -0.1) is 5.10 Å². The number of hydrogen-bond acceptors (Lipinski definition) is 4. The van der Waals surface area contributed by atoms with E-state index in [-0.39, 0.29) is 4.75 Å². The molecule has 1 aliphatic heterocycles. The summed E-state index contributed by atoms with van der Waals surface area (Å²) >= 11 is 5.60. The number of nitrogens with one attached hydrogen (secondary N) is 1. The van der Waals surface area contributed by atoms with Crippen molar-refractivity contribution in [3.63, 3.8) is 0 Å². The first-order valence-electron chi connectivity index (χ1n) is 6.51. The molecule has 2 rings (SSSR count). The first kappa shape index (κ1) is 14.3. The molecule has 0 amide bonds. The van der Waals surface area contributed by atoms with Crippen LogP contribution in [0.3, 0.4) is 0 Å². The summed E-state index contributed by atoms with van der Waals surface area (Å²) in [7, 11) is 1.97. The zero-order valence-electron chi connectivity index (χ0n) is 11.2. The summed E-state index contributed by atoms with van der Waals surface area (Å²) < 4.78 is 3.00. The molecule has 1 aromatic rings. The second kappa shape index (κ2) is 5.92. The molecule has 0 bridgehead atoms. The van der Waals surface area contributed by atoms with Crippen molar-refractivity contribution in [1.29, 1.82) is 0 Å². The van der Waals surface area contributed by atoms with Crippen molar-refractivity contribution in [2.45, 2.75) is 43.9 Å². The summed E-state index contributed by atoms with van der Waals surface area (Å²) in [6.07, 6.45) is 3.69. The molecule has 0 aliphatic carbocycles. The molecule has 0 radical (unpaired) electrons. The van der Waals surface area contributed by atoms with Crippen LogP contribution in [0.15, 0.2) is 4.60 Å². The Morgan fingerprint density at radius 3 is 2.89 bits per heavy atom. The average molecular weight is 333 g/mol. The van der Waals surface area contributed by atoms with Gasteiger partial charge in [0.2, 0.25) is 0 Å². The fourth-order valence-electron chi connectivity index (χ4n) is 2.56. The Labute approximate surface area is 121 Å². The predicted octanol–water partition coefficient (Wildman–Crippen LogP) is 2.90. The van der Waals surface area contributed by atoms with Gasteiger partial charge in [0, 0.05) is 11.8 Å². The molecule has 1 saturated heterocycles. The highest BCUT2D eigenvalue weighted by Crippen LogP contribution is 2.47. The van der Waals surface area contributed by atoms with Crippen LogP contribution in [-0.2, 0) is 7.05 Å². The van der Waals surface area contributed by atoms with E-state index in [0.717, 1.165) is 17.6 Å². The van der Waals surface area contributed by atoms with Crippen LogP contribution in [-0.4, -0.2) is 32.0 Å². The Bertz CT molecular complexity index is 381. The summed E-state index contributed by atoms with van der Waals surface area (Å²) in [5.74, 6) is 1.25. The second-order valence-electron chi connectivity index (χ2n) is 5.04. The Morgan fingerprint density at radius 1 is 1.61 bits per heavy atom. The lowest BCUT2D eigenvalue weighted by Gasteiger charge is -2.34. The predicted molar refractivity (Wildman–Crippen MR) is 79.8 cm³/mol. The van der Waals surface area contributed by atoms with Crippen molar-refractivity contribution in [3.05, 3.63) is 10.3 Å². The minimum atomic E-state index is 0.243. The van der Waals surface area contributed by atoms with Gasteiger partial charge < -0.3 is 5.32 Å². The van der Waals surface area contributed by atoms with Crippen LogP contribution in [0.4, 0.5) is 0 Å². The fraction of sp³-hybridized carbons (Fsp3) is 0.833. The number of hydrogen-bond donors (Lipinski definition) is 1. The first-order chi connectivity index (χ1) is 8.58. The first-order valence-corrected chi connectivity index (χ1v) is 8.29. The molecule has 102 valence electrons. The van der Waals surface area contributed by atoms with Gasteiger partial charge in [-0.25, -0.2) is 4.68 Å². The summed E-state index contributed by atoms with van der Waals surface area (Å²) in [5.41, 5.74) is 1.17. The topological polar surface area (TPSA) is 42.7 Å². The molecule has 0 spiro atoms. The van der Waals surface area contributed by atoms with Crippen molar-refractivity contribution >= 4 is 27.7 Å². The smallest absolute Gasteiger partial charge is 0.153 e. The van der Waals surface area contributed by atoms with Crippen LogP contribution in [0.1, 0.15) is 44.8 Å². The Morgan fingerprint density at radius 2 is 2.39 bits per heavy atom. The molecular weight excluding hydrogens is 312 g/mol. The number of rotatable bonds is 5. The fourth-order valence-corrected chi connectivity index (χ4v) is 4.53. The van der Waals surface area contributed by atoms with Crippen LogP contribution in [0, 0.1) is 0 Å². The molecular formula is C12H21BrN4S. The van der Waals surface area contributed by atoms with E-state index in [2.05, 4.69) is 57.2 Å². The Kier molecular flexibility index (Phi) is 4.72. The Balaban J connectivity index is 2.30. The number of nitrogens with zero attached hydrogens (tertiary/aromatic N) is 3. The van der Waals surface area contributed by atoms with E-state index in [9.17, 15) is 0 Å². The van der Waals surface area contributed by atoms with Gasteiger partial charge in [0.15, 0.2) is 4.60 Å². The largest absolute Gasteiger partial charge is 0.307 e. The summed E-state index contributed by atoms with van der Waals surface area (Å²) in [5, 5.41) is 11.9. The van der Waals surface area contributed by atoms with E-state index < -0.39 is 0 Å². The minimum Gasteiger partial charge on any atom is -0.307 e. The summed E-state index contributed by atoms with van der Waals surface area (Å²) in [4.78, 5) is 0. The van der Waals surface area contributed by atoms with Crippen molar-refractivity contribution in [2.75, 3.05) is 12.3 Å². The lowest BCUT2D eigenvalue weighted by Crippen LogP contribution is -2.39. The number of thioether (sulfide) groups is 1. The highest BCUT2D eigenvalue weighted by Gasteiger charge is 2.41. The molecule has 2 heterocycles. The lowest BCUT2D eigenvalue weighted by molar-refractivity contribution is 0.391. The van der Waals surface area contributed by atoms with Crippen LogP contribution in [0.2, 0.25) is 0 Å². The molecule has 1 N–H and O–H groups in total. The molecule has 0 saturated carbocycles. The molecule has 2 unspecified atom stereocenters. The van der Waals surface area contributed by atoms with Crippen molar-refractivity contribution in [1.82, 2.24) is 20.3 Å². The van der Waals surface area contributed by atoms with Crippen LogP contribution in [0.25, 0.3) is 0 Å². The highest BCUT2D eigenvalue weighted by molar-refractivity contribution is 9.10. The van der Waals surface area contributed by atoms with Crippen molar-refractivity contribution in [2.24, 2.45) is 7.05 Å². The van der Waals surface area contributed by atoms with Gasteiger partial charge in [0.1, 0.15) is 0 Å². The number of halogens is 1. The lowest BCUT2D eigenvalue weighted by atomic mass is 9.93. The number of aromatic nitrogens is 3. The van der Waals surface area contributed by atoms with Crippen LogP contribution >= 0.6 is 27.7 Å². The maximum Gasteiger partial charge on any atom is 0.153 e. The van der Waals surface area contributed by atoms with E-state index in [4.69, 9.17) is 0 Å². The van der Waals surface area contributed by atoms with Crippen LogP contribution in [0.5, 0.6) is 0 Å². The molecule has 4 nitrogen and oxygen atoms in total. The SMILES string of the molecule is CCCNC(c1c(Br)nnn1C)C1(C)CCCS1. The average Bonchev–Trinajstić information content (AvgIpc) is 2.90. The summed E-state index contributed by atoms with van der Waals surface area (Å²) in [6.45, 7) is 5.58. The van der Waals surface area contributed by atoms with Gasteiger partial charge in [-0.2, -0.15) is 11.8 Å². The molecule has 1 fully saturated rings. The van der Waals surface area contributed by atoms with Crippen molar-refractivity contribution < 1.29 is 0 Å². The van der Waals surface area contributed by atoms with Crippen LogP contribution < -0.4 is 5.32 Å². The zero-order valence-corrected chi connectivity index (χ0v) is 13.6. The molecule has 18 heavy (non-hydrogen) atoms. The quantitative estimate of drug-likeness (QED) is 0.900. The van der Waals surface area contributed by atoms with E-state index in [1.807, 2.05) is 11.7 Å². The third kappa shape index (κ3) is 2.75. The van der Waals surface area contributed by atoms with Gasteiger partial charge in [-0.1, -0.05) is 12.1 Å². The maximum absolute atomic E-state index is 4.13. The van der Waals surface area contributed by atoms with Gasteiger partial charge in [-0.05, 0) is 54.4 Å². The molecule has 6 heteroatoms. The van der Waals surface area contributed by atoms with Gasteiger partial charge in [0.05, 0.1) is 11.7 Å². The zero-order chi connectivity index (χ0) is 13.2. The minimum absolute atomic E-state index is 0.243. The van der Waals surface area contributed by atoms with E-state index in [1.54, 1.807) is 0 Å². The third-order valence-corrected chi connectivity index (χ3v) is 5.72. The maximum atomic E-state index is 4.13. The highest BCUT2D eigenvalue weighted by atomic mass is 79.9. The molecule has 1 aliphatic rings. The third-order valence-electron chi connectivity index (χ3n) is 3.56. The van der Waals surface area contributed by atoms with Gasteiger partial charge >= 0.3 is 0 Å². The standard InChI is InChI=1S/C12H21BrN4S/c1-4-7-14-10(12(2)6-5-8-18-12)9-11(13)15-16-17(9)3/h10,14H,4-8H2,1-3H3. The molecule has 1 aromatic heterocycles. The summed E-state index contributed by atoms with van der Waals surface area (Å²) in [6, 6.07) is 0.305. The van der Waals surface area contributed by atoms with E-state index in [0.29, 0.717) is 6.04 Å². The van der Waals surface area contributed by atoms with Gasteiger partial charge in [0.25, 0.3) is 0 Å². The number of aryl methyl sites for hydroxylation is 1. The monoisotopic (exact) mass is 332 g/mol. The second-order valence-corrected chi connectivity index (χ2v) is 7.42. The normalized spacial score (nSPS) is 25.6.